The van der Waals surface area contributed by atoms with Crippen LogP contribution in [-0.2, 0) is 5.41 Å². The summed E-state index contributed by atoms with van der Waals surface area (Å²) in [5.74, 6) is 0.709. The molecule has 0 spiro atoms. The molecule has 1 aliphatic rings. The molecule has 286 valence electrons. The van der Waals surface area contributed by atoms with Crippen molar-refractivity contribution < 1.29 is 0 Å². The number of thiophene rings is 1. The van der Waals surface area contributed by atoms with E-state index in [4.69, 9.17) is 9.97 Å². The predicted octanol–water partition coefficient (Wildman–Crippen LogP) is 15.7. The van der Waals surface area contributed by atoms with E-state index in [-0.39, 0.29) is 5.41 Å². The number of aromatic nitrogens is 2. The van der Waals surface area contributed by atoms with Crippen LogP contribution in [-0.4, -0.2) is 9.97 Å². The number of hydrogen-bond donors (Lipinski definition) is 0. The van der Waals surface area contributed by atoms with E-state index in [9.17, 15) is 0 Å². The summed E-state index contributed by atoms with van der Waals surface area (Å²) in [5, 5.41) is 5.15. The third-order valence-corrected chi connectivity index (χ3v) is 14.0. The van der Waals surface area contributed by atoms with Crippen LogP contribution < -0.4 is 0 Å². The quantitative estimate of drug-likeness (QED) is 0.168. The van der Waals surface area contributed by atoms with E-state index in [1.54, 1.807) is 0 Å². The number of nitrogens with zero attached hydrogens (tertiary/aromatic N) is 2. The Bertz CT molecular complexity index is 3480. The van der Waals surface area contributed by atoms with Gasteiger partial charge in [0.05, 0.1) is 11.4 Å². The van der Waals surface area contributed by atoms with Gasteiger partial charge < -0.3 is 0 Å². The van der Waals surface area contributed by atoms with E-state index in [2.05, 4.69) is 213 Å². The summed E-state index contributed by atoms with van der Waals surface area (Å²) in [4.78, 5) is 10.7. The van der Waals surface area contributed by atoms with Gasteiger partial charge in [-0.1, -0.05) is 194 Å². The third kappa shape index (κ3) is 5.62. The van der Waals surface area contributed by atoms with Gasteiger partial charge >= 0.3 is 0 Å². The van der Waals surface area contributed by atoms with E-state index in [0.717, 1.165) is 33.6 Å². The molecule has 0 aliphatic heterocycles. The molecular formula is C58H38N2S. The lowest BCUT2D eigenvalue weighted by atomic mass is 9.74. The fraction of sp³-hybridized carbons (Fsp3) is 0.0345. The molecule has 12 rings (SSSR count). The van der Waals surface area contributed by atoms with Gasteiger partial charge in [0.25, 0.3) is 0 Å². The van der Waals surface area contributed by atoms with E-state index in [1.807, 2.05) is 17.4 Å². The minimum atomic E-state index is -0.307. The first kappa shape index (κ1) is 35.5. The van der Waals surface area contributed by atoms with Gasteiger partial charge in [0.15, 0.2) is 5.82 Å². The number of benzene rings is 9. The first-order chi connectivity index (χ1) is 30.1. The molecule has 0 N–H and O–H groups in total. The van der Waals surface area contributed by atoms with Crippen molar-refractivity contribution in [2.24, 2.45) is 0 Å². The molecule has 0 saturated heterocycles. The highest BCUT2D eigenvalue weighted by atomic mass is 32.1. The van der Waals surface area contributed by atoms with Crippen LogP contribution in [0.2, 0.25) is 0 Å². The van der Waals surface area contributed by atoms with Gasteiger partial charge in [-0.05, 0) is 80.6 Å². The molecule has 3 heteroatoms. The molecule has 0 fully saturated rings. The summed E-state index contributed by atoms with van der Waals surface area (Å²) in [5.41, 5.74) is 15.9. The Morgan fingerprint density at radius 3 is 1.82 bits per heavy atom. The molecule has 11 aromatic rings. The molecular weight excluding hydrogens is 757 g/mol. The van der Waals surface area contributed by atoms with Crippen LogP contribution in [0.4, 0.5) is 0 Å². The fourth-order valence-electron chi connectivity index (χ4n) is 9.88. The maximum atomic E-state index is 5.36. The molecule has 1 aliphatic carbocycles. The molecule has 1 atom stereocenters. The standard InChI is InChI=1S/C58H38N2S/c1-58(41-23-9-4-10-24-41)49-30-12-11-25-46(49)54-47(29-15-31-50(54)58)52-36-51(59-57(60-52)38-19-7-3-8-20-38)40-22-13-21-39(35-40)43-27-16-32-53-55(43)48-34-33-44-42(37-17-5-2-6-18-37)26-14-28-45(44)56(48)61-53/h2-36H,1H3. The lowest BCUT2D eigenvalue weighted by molar-refractivity contribution is 0.714. The maximum absolute atomic E-state index is 5.36. The Labute approximate surface area is 359 Å². The lowest BCUT2D eigenvalue weighted by Crippen LogP contribution is -2.22. The zero-order valence-electron chi connectivity index (χ0n) is 33.5. The number of hydrogen-bond acceptors (Lipinski definition) is 3. The van der Waals surface area contributed by atoms with Crippen LogP contribution >= 0.6 is 11.3 Å². The van der Waals surface area contributed by atoms with Crippen LogP contribution in [0, 0.1) is 0 Å². The van der Waals surface area contributed by atoms with Gasteiger partial charge in [-0.2, -0.15) is 0 Å². The van der Waals surface area contributed by atoms with Crippen LogP contribution in [0.3, 0.4) is 0 Å². The third-order valence-electron chi connectivity index (χ3n) is 12.8. The van der Waals surface area contributed by atoms with Crippen LogP contribution in [0.5, 0.6) is 0 Å². The molecule has 2 nitrogen and oxygen atoms in total. The molecule has 61 heavy (non-hydrogen) atoms. The smallest absolute Gasteiger partial charge is 0.160 e. The first-order valence-electron chi connectivity index (χ1n) is 20.9. The van der Waals surface area contributed by atoms with E-state index < -0.39 is 0 Å². The van der Waals surface area contributed by atoms with Crippen LogP contribution in [0.25, 0.3) is 98.2 Å². The Balaban J connectivity index is 1.03. The van der Waals surface area contributed by atoms with Crippen molar-refractivity contribution in [2.75, 3.05) is 0 Å². The number of rotatable bonds is 6. The van der Waals surface area contributed by atoms with Gasteiger partial charge in [0, 0.05) is 47.7 Å². The molecule has 0 amide bonds. The highest BCUT2D eigenvalue weighted by molar-refractivity contribution is 7.26. The summed E-state index contributed by atoms with van der Waals surface area (Å²) in [6.45, 7) is 2.37. The van der Waals surface area contributed by atoms with Crippen molar-refractivity contribution in [1.82, 2.24) is 9.97 Å². The summed E-state index contributed by atoms with van der Waals surface area (Å²) in [6.07, 6.45) is 0. The second-order valence-corrected chi connectivity index (χ2v) is 17.2. The molecule has 0 radical (unpaired) electrons. The van der Waals surface area contributed by atoms with Crippen molar-refractivity contribution in [2.45, 2.75) is 12.3 Å². The Hall–Kier alpha value is -7.46. The SMILES string of the molecule is CC1(c2ccccc2)c2ccccc2-c2c(-c3cc(-c4cccc(-c5cccc6sc7c8cccc(-c9ccccc9)c8ccc7c56)c4)nc(-c4ccccc4)n3)cccc21. The monoisotopic (exact) mass is 794 g/mol. The van der Waals surface area contributed by atoms with E-state index in [0.29, 0.717) is 5.82 Å². The number of fused-ring (bicyclic) bond motifs is 8. The van der Waals surface area contributed by atoms with Gasteiger partial charge in [-0.15, -0.1) is 11.3 Å². The Morgan fingerprint density at radius 1 is 0.393 bits per heavy atom. The Kier molecular flexibility index (Phi) is 8.19. The zero-order valence-corrected chi connectivity index (χ0v) is 34.3. The largest absolute Gasteiger partial charge is 0.228 e. The topological polar surface area (TPSA) is 25.8 Å². The van der Waals surface area contributed by atoms with E-state index >= 15 is 0 Å². The molecule has 2 heterocycles. The van der Waals surface area contributed by atoms with E-state index in [1.165, 1.54) is 75.5 Å². The minimum absolute atomic E-state index is 0.307. The summed E-state index contributed by atoms with van der Waals surface area (Å²) >= 11 is 1.89. The predicted molar refractivity (Wildman–Crippen MR) is 257 cm³/mol. The molecule has 0 bridgehead atoms. The second kappa shape index (κ2) is 14.1. The summed E-state index contributed by atoms with van der Waals surface area (Å²) in [7, 11) is 0. The van der Waals surface area contributed by atoms with Gasteiger partial charge in [0.2, 0.25) is 0 Å². The molecule has 2 aromatic heterocycles. The first-order valence-corrected chi connectivity index (χ1v) is 21.7. The van der Waals surface area contributed by atoms with Crippen molar-refractivity contribution >= 4 is 42.3 Å². The van der Waals surface area contributed by atoms with Gasteiger partial charge in [-0.3, -0.25) is 0 Å². The Morgan fingerprint density at radius 2 is 0.984 bits per heavy atom. The molecule has 1 unspecified atom stereocenters. The maximum Gasteiger partial charge on any atom is 0.160 e. The summed E-state index contributed by atoms with van der Waals surface area (Å²) in [6, 6.07) is 76.8. The zero-order chi connectivity index (χ0) is 40.5. The van der Waals surface area contributed by atoms with Gasteiger partial charge in [-0.25, -0.2) is 9.97 Å². The lowest BCUT2D eigenvalue weighted by Gasteiger charge is -2.28. The van der Waals surface area contributed by atoms with Crippen LogP contribution in [0.15, 0.2) is 212 Å². The van der Waals surface area contributed by atoms with Crippen molar-refractivity contribution in [3.8, 4) is 67.3 Å². The van der Waals surface area contributed by atoms with Crippen molar-refractivity contribution in [3.05, 3.63) is 229 Å². The molecule has 0 saturated carbocycles. The highest BCUT2D eigenvalue weighted by Crippen LogP contribution is 2.55. The van der Waals surface area contributed by atoms with Crippen molar-refractivity contribution in [1.29, 1.82) is 0 Å². The van der Waals surface area contributed by atoms with Crippen LogP contribution in [0.1, 0.15) is 23.6 Å². The normalized spacial score (nSPS) is 14.4. The second-order valence-electron chi connectivity index (χ2n) is 16.2. The molecule has 9 aromatic carbocycles. The van der Waals surface area contributed by atoms with Crippen molar-refractivity contribution in [3.63, 3.8) is 0 Å². The summed E-state index contributed by atoms with van der Waals surface area (Å²) < 4.78 is 2.61. The highest BCUT2D eigenvalue weighted by Gasteiger charge is 2.41. The fourth-order valence-corrected chi connectivity index (χ4v) is 11.1. The average molecular weight is 795 g/mol. The average Bonchev–Trinajstić information content (AvgIpc) is 3.86. The van der Waals surface area contributed by atoms with Gasteiger partial charge in [0.1, 0.15) is 0 Å². The minimum Gasteiger partial charge on any atom is -0.228 e.